The highest BCUT2D eigenvalue weighted by Gasteiger charge is 2.06. The van der Waals surface area contributed by atoms with E-state index in [2.05, 4.69) is 4.37 Å². The van der Waals surface area contributed by atoms with Crippen molar-refractivity contribution in [3.8, 4) is 10.4 Å². The van der Waals surface area contributed by atoms with Gasteiger partial charge in [0.05, 0.1) is 10.6 Å². The van der Waals surface area contributed by atoms with E-state index in [1.807, 2.05) is 25.1 Å². The van der Waals surface area contributed by atoms with Crippen LogP contribution in [0.1, 0.15) is 5.69 Å². The van der Waals surface area contributed by atoms with Gasteiger partial charge in [-0.25, -0.2) is 0 Å². The van der Waals surface area contributed by atoms with Crippen LogP contribution in [0.3, 0.4) is 0 Å². The Hall–Kier alpha value is -1.06. The molecule has 14 heavy (non-hydrogen) atoms. The third-order valence-electron chi connectivity index (χ3n) is 1.91. The van der Waals surface area contributed by atoms with Gasteiger partial charge in [0.1, 0.15) is 0 Å². The summed E-state index contributed by atoms with van der Waals surface area (Å²) in [6.45, 7) is 1.96. The summed E-state index contributed by atoms with van der Waals surface area (Å²) < 4.78 is 4.21. The molecule has 0 saturated heterocycles. The first kappa shape index (κ1) is 9.49. The minimum absolute atomic E-state index is 0.695. The molecule has 4 heteroatoms. The summed E-state index contributed by atoms with van der Waals surface area (Å²) in [7, 11) is 0. The number of hydrogen-bond acceptors (Lipinski definition) is 3. The van der Waals surface area contributed by atoms with Gasteiger partial charge in [0, 0.05) is 16.3 Å². The molecule has 0 aliphatic rings. The number of nitrogens with zero attached hydrogens (tertiary/aromatic N) is 1. The van der Waals surface area contributed by atoms with E-state index in [1.165, 1.54) is 11.5 Å². The summed E-state index contributed by atoms with van der Waals surface area (Å²) in [5.41, 5.74) is 8.55. The smallest absolute Gasteiger partial charge is 0.0573 e. The lowest BCUT2D eigenvalue weighted by Gasteiger charge is -2.02. The second-order valence-electron chi connectivity index (χ2n) is 3.06. The molecule has 0 saturated carbocycles. The summed E-state index contributed by atoms with van der Waals surface area (Å²) >= 11 is 7.34. The van der Waals surface area contributed by atoms with Crippen LogP contribution in [0.25, 0.3) is 10.4 Å². The third-order valence-corrected chi connectivity index (χ3v) is 3.06. The molecule has 0 aliphatic carbocycles. The summed E-state index contributed by atoms with van der Waals surface area (Å²) in [6.07, 6.45) is 0. The highest BCUT2D eigenvalue weighted by atomic mass is 35.5. The Morgan fingerprint density at radius 1 is 1.36 bits per heavy atom. The van der Waals surface area contributed by atoms with Gasteiger partial charge in [0.15, 0.2) is 0 Å². The van der Waals surface area contributed by atoms with Crippen LogP contribution < -0.4 is 5.73 Å². The van der Waals surface area contributed by atoms with E-state index in [0.717, 1.165) is 21.8 Å². The zero-order valence-corrected chi connectivity index (χ0v) is 9.19. The number of aromatic nitrogens is 1. The summed E-state index contributed by atoms with van der Waals surface area (Å²) in [5.74, 6) is 0. The molecule has 0 fully saturated rings. The minimum atomic E-state index is 0.695. The van der Waals surface area contributed by atoms with E-state index >= 15 is 0 Å². The van der Waals surface area contributed by atoms with Crippen molar-refractivity contribution in [1.29, 1.82) is 0 Å². The fourth-order valence-corrected chi connectivity index (χ4v) is 2.20. The molecule has 1 aromatic carbocycles. The largest absolute Gasteiger partial charge is 0.398 e. The van der Waals surface area contributed by atoms with Crippen LogP contribution in [-0.4, -0.2) is 4.37 Å². The lowest BCUT2D eigenvalue weighted by Crippen LogP contribution is -1.87. The van der Waals surface area contributed by atoms with Gasteiger partial charge in [-0.2, -0.15) is 4.37 Å². The van der Waals surface area contributed by atoms with E-state index in [4.69, 9.17) is 17.3 Å². The molecule has 2 nitrogen and oxygen atoms in total. The maximum atomic E-state index is 5.90. The third kappa shape index (κ3) is 1.74. The second kappa shape index (κ2) is 3.59. The molecule has 2 N–H and O–H groups in total. The first-order chi connectivity index (χ1) is 6.66. The van der Waals surface area contributed by atoms with E-state index in [9.17, 15) is 0 Å². The maximum Gasteiger partial charge on any atom is 0.0573 e. The van der Waals surface area contributed by atoms with Crippen LogP contribution in [0, 0.1) is 6.92 Å². The minimum Gasteiger partial charge on any atom is -0.398 e. The second-order valence-corrected chi connectivity index (χ2v) is 4.31. The van der Waals surface area contributed by atoms with E-state index in [0.29, 0.717) is 5.02 Å². The van der Waals surface area contributed by atoms with Gasteiger partial charge in [0.25, 0.3) is 0 Å². The molecule has 2 aromatic rings. The zero-order chi connectivity index (χ0) is 10.1. The van der Waals surface area contributed by atoms with Crippen LogP contribution >= 0.6 is 23.1 Å². The van der Waals surface area contributed by atoms with Gasteiger partial charge >= 0.3 is 0 Å². The number of rotatable bonds is 1. The maximum absolute atomic E-state index is 5.90. The first-order valence-electron chi connectivity index (χ1n) is 4.15. The number of anilines is 1. The molecule has 0 radical (unpaired) electrons. The molecule has 1 heterocycles. The van der Waals surface area contributed by atoms with E-state index < -0.39 is 0 Å². The van der Waals surface area contributed by atoms with Gasteiger partial charge in [-0.15, -0.1) is 0 Å². The van der Waals surface area contributed by atoms with Gasteiger partial charge in [0.2, 0.25) is 0 Å². The predicted octanol–water partition coefficient (Wildman–Crippen LogP) is 3.35. The monoisotopic (exact) mass is 224 g/mol. The molecule has 1 aromatic heterocycles. The Morgan fingerprint density at radius 3 is 2.79 bits per heavy atom. The number of nitrogen functional groups attached to an aromatic ring is 1. The van der Waals surface area contributed by atoms with Crippen LogP contribution in [-0.2, 0) is 0 Å². The van der Waals surface area contributed by atoms with E-state index in [1.54, 1.807) is 6.07 Å². The van der Waals surface area contributed by atoms with Crippen molar-refractivity contribution in [2.75, 3.05) is 5.73 Å². The highest BCUT2D eigenvalue weighted by molar-refractivity contribution is 7.09. The Labute approximate surface area is 91.5 Å². The molecular formula is C10H9ClN2S. The molecule has 0 unspecified atom stereocenters. The Balaban J connectivity index is 2.55. The van der Waals surface area contributed by atoms with Crippen molar-refractivity contribution in [1.82, 2.24) is 4.37 Å². The van der Waals surface area contributed by atoms with Crippen LogP contribution in [0.4, 0.5) is 5.69 Å². The molecule has 0 spiro atoms. The lowest BCUT2D eigenvalue weighted by atomic mass is 10.1. The molecule has 0 amide bonds. The highest BCUT2D eigenvalue weighted by Crippen LogP contribution is 2.31. The number of nitrogens with two attached hydrogens (primary N) is 1. The summed E-state index contributed by atoms with van der Waals surface area (Å²) in [6, 6.07) is 7.47. The van der Waals surface area contributed by atoms with E-state index in [-0.39, 0.29) is 0 Å². The molecule has 0 atom stereocenters. The standard InChI is InChI=1S/C10H9ClN2S/c1-6-4-10(14-13-6)8-5-7(11)2-3-9(8)12/h2-5H,12H2,1H3. The van der Waals surface area contributed by atoms with Gasteiger partial charge in [-0.3, -0.25) is 0 Å². The number of halogens is 1. The fraction of sp³-hybridized carbons (Fsp3) is 0.100. The number of benzene rings is 1. The Kier molecular flexibility index (Phi) is 2.44. The SMILES string of the molecule is Cc1cc(-c2cc(Cl)ccc2N)sn1. The van der Waals surface area contributed by atoms with Crippen molar-refractivity contribution in [2.45, 2.75) is 6.92 Å². The Morgan fingerprint density at radius 2 is 2.14 bits per heavy atom. The van der Waals surface area contributed by atoms with Crippen molar-refractivity contribution in [3.63, 3.8) is 0 Å². The zero-order valence-electron chi connectivity index (χ0n) is 7.62. The number of hydrogen-bond donors (Lipinski definition) is 1. The molecule has 0 aliphatic heterocycles. The van der Waals surface area contributed by atoms with Crippen molar-refractivity contribution in [3.05, 3.63) is 35.0 Å². The van der Waals surface area contributed by atoms with Crippen molar-refractivity contribution < 1.29 is 0 Å². The van der Waals surface area contributed by atoms with Gasteiger partial charge < -0.3 is 5.73 Å². The van der Waals surface area contributed by atoms with Gasteiger partial charge in [-0.1, -0.05) is 11.6 Å². The molecule has 72 valence electrons. The fourth-order valence-electron chi connectivity index (χ4n) is 1.23. The molecule has 2 rings (SSSR count). The average Bonchev–Trinajstić information content (AvgIpc) is 2.56. The van der Waals surface area contributed by atoms with Gasteiger partial charge in [-0.05, 0) is 42.7 Å². The Bertz CT molecular complexity index is 465. The average molecular weight is 225 g/mol. The lowest BCUT2D eigenvalue weighted by molar-refractivity contribution is 1.35. The summed E-state index contributed by atoms with van der Waals surface area (Å²) in [5, 5.41) is 0.695. The van der Waals surface area contributed by atoms with Crippen LogP contribution in [0.5, 0.6) is 0 Å². The normalized spacial score (nSPS) is 10.4. The quantitative estimate of drug-likeness (QED) is 0.755. The van der Waals surface area contributed by atoms with Crippen LogP contribution in [0.15, 0.2) is 24.3 Å². The van der Waals surface area contributed by atoms with Crippen molar-refractivity contribution >= 4 is 28.8 Å². The molecular weight excluding hydrogens is 216 g/mol. The number of aryl methyl sites for hydroxylation is 1. The van der Waals surface area contributed by atoms with Crippen molar-refractivity contribution in [2.24, 2.45) is 0 Å². The summed E-state index contributed by atoms with van der Waals surface area (Å²) in [4.78, 5) is 1.06. The topological polar surface area (TPSA) is 38.9 Å². The first-order valence-corrected chi connectivity index (χ1v) is 5.30. The molecule has 0 bridgehead atoms. The predicted molar refractivity (Wildman–Crippen MR) is 61.7 cm³/mol. The van der Waals surface area contributed by atoms with Crippen LogP contribution in [0.2, 0.25) is 5.02 Å².